The van der Waals surface area contributed by atoms with Crippen molar-refractivity contribution >= 4 is 0 Å². The first kappa shape index (κ1) is 12.8. The third-order valence-corrected chi connectivity index (χ3v) is 3.62. The average molecular weight is 243 g/mol. The Morgan fingerprint density at radius 3 is 2.44 bits per heavy atom. The van der Waals surface area contributed by atoms with Gasteiger partial charge in [-0.15, -0.1) is 0 Å². The molecule has 0 bridgehead atoms. The van der Waals surface area contributed by atoms with E-state index in [2.05, 4.69) is 47.7 Å². The summed E-state index contributed by atoms with van der Waals surface area (Å²) in [5, 5.41) is 0. The lowest BCUT2D eigenvalue weighted by molar-refractivity contribution is 0.372. The highest BCUT2D eigenvalue weighted by atomic mass is 15.1. The Balaban J connectivity index is 2.28. The van der Waals surface area contributed by atoms with E-state index in [0.29, 0.717) is 0 Å². The van der Waals surface area contributed by atoms with Crippen molar-refractivity contribution in [1.29, 1.82) is 0 Å². The van der Waals surface area contributed by atoms with E-state index in [-0.39, 0.29) is 5.54 Å². The van der Waals surface area contributed by atoms with Crippen molar-refractivity contribution in [2.45, 2.75) is 38.8 Å². The maximum Gasteiger partial charge on any atom is 0.129 e. The third kappa shape index (κ3) is 2.46. The number of rotatable bonds is 5. The summed E-state index contributed by atoms with van der Waals surface area (Å²) >= 11 is 0. The zero-order chi connectivity index (χ0) is 13.0. The van der Waals surface area contributed by atoms with Gasteiger partial charge in [-0.25, -0.2) is 4.98 Å². The minimum absolute atomic E-state index is 0.321. The van der Waals surface area contributed by atoms with Crippen LogP contribution in [0.4, 0.5) is 0 Å². The van der Waals surface area contributed by atoms with E-state index >= 15 is 0 Å². The van der Waals surface area contributed by atoms with Crippen molar-refractivity contribution < 1.29 is 0 Å². The van der Waals surface area contributed by atoms with Gasteiger partial charge in [0.15, 0.2) is 0 Å². The van der Waals surface area contributed by atoms with Gasteiger partial charge in [0.2, 0.25) is 0 Å². The smallest absolute Gasteiger partial charge is 0.129 e. The van der Waals surface area contributed by atoms with Crippen LogP contribution >= 0.6 is 0 Å². The Bertz CT molecular complexity index is 483. The lowest BCUT2D eigenvalue weighted by Crippen LogP contribution is -2.38. The Labute approximate surface area is 109 Å². The standard InChI is InChI=1S/C15H21N3/c1-3-15(16,4-2)14-17-10-11-18(14)12-13-8-6-5-7-9-13/h5-11H,3-4,12,16H2,1-2H3. The molecule has 0 amide bonds. The van der Waals surface area contributed by atoms with Gasteiger partial charge in [-0.1, -0.05) is 44.2 Å². The molecular formula is C15H21N3. The predicted octanol–water partition coefficient (Wildman–Crippen LogP) is 2.91. The highest BCUT2D eigenvalue weighted by Gasteiger charge is 2.27. The maximum absolute atomic E-state index is 6.43. The molecule has 1 aromatic carbocycles. The number of nitrogens with zero attached hydrogens (tertiary/aromatic N) is 2. The molecule has 2 aromatic rings. The lowest BCUT2D eigenvalue weighted by atomic mass is 9.93. The van der Waals surface area contributed by atoms with Gasteiger partial charge in [0.05, 0.1) is 5.54 Å². The van der Waals surface area contributed by atoms with E-state index in [9.17, 15) is 0 Å². The van der Waals surface area contributed by atoms with Crippen LogP contribution in [0.5, 0.6) is 0 Å². The summed E-state index contributed by atoms with van der Waals surface area (Å²) in [6.45, 7) is 5.06. The molecule has 0 saturated carbocycles. The second kappa shape index (κ2) is 5.36. The first-order valence-electron chi connectivity index (χ1n) is 6.54. The quantitative estimate of drug-likeness (QED) is 0.877. The minimum Gasteiger partial charge on any atom is -0.329 e. The largest absolute Gasteiger partial charge is 0.329 e. The normalized spacial score (nSPS) is 11.7. The fraction of sp³-hybridized carbons (Fsp3) is 0.400. The topological polar surface area (TPSA) is 43.8 Å². The highest BCUT2D eigenvalue weighted by molar-refractivity contribution is 5.17. The summed E-state index contributed by atoms with van der Waals surface area (Å²) in [6, 6.07) is 10.4. The van der Waals surface area contributed by atoms with Crippen LogP contribution in [0.15, 0.2) is 42.7 Å². The van der Waals surface area contributed by atoms with Crippen LogP contribution < -0.4 is 5.73 Å². The first-order valence-corrected chi connectivity index (χ1v) is 6.54. The Morgan fingerprint density at radius 1 is 1.17 bits per heavy atom. The van der Waals surface area contributed by atoms with Gasteiger partial charge in [0.25, 0.3) is 0 Å². The van der Waals surface area contributed by atoms with Crippen molar-refractivity contribution in [3.8, 4) is 0 Å². The number of hydrogen-bond acceptors (Lipinski definition) is 2. The van der Waals surface area contributed by atoms with Crippen LogP contribution in [0, 0.1) is 0 Å². The predicted molar refractivity (Wildman–Crippen MR) is 74.2 cm³/mol. The zero-order valence-electron chi connectivity index (χ0n) is 11.1. The molecule has 3 heteroatoms. The monoisotopic (exact) mass is 243 g/mol. The van der Waals surface area contributed by atoms with Crippen molar-refractivity contribution in [2.24, 2.45) is 5.73 Å². The first-order chi connectivity index (χ1) is 8.69. The second-order valence-electron chi connectivity index (χ2n) is 4.73. The van der Waals surface area contributed by atoms with Gasteiger partial charge in [0, 0.05) is 18.9 Å². The molecule has 96 valence electrons. The summed E-state index contributed by atoms with van der Waals surface area (Å²) in [5.41, 5.74) is 7.38. The molecule has 0 spiro atoms. The van der Waals surface area contributed by atoms with Crippen LogP contribution in [0.1, 0.15) is 38.1 Å². The van der Waals surface area contributed by atoms with Gasteiger partial charge in [-0.3, -0.25) is 0 Å². The van der Waals surface area contributed by atoms with E-state index in [1.54, 1.807) is 0 Å². The number of aromatic nitrogens is 2. The van der Waals surface area contributed by atoms with E-state index in [1.165, 1.54) is 5.56 Å². The summed E-state index contributed by atoms with van der Waals surface area (Å²) in [7, 11) is 0. The number of nitrogens with two attached hydrogens (primary N) is 1. The van der Waals surface area contributed by atoms with Crippen molar-refractivity contribution in [3.63, 3.8) is 0 Å². The van der Waals surface area contributed by atoms with Gasteiger partial charge in [-0.05, 0) is 18.4 Å². The summed E-state index contributed by atoms with van der Waals surface area (Å²) < 4.78 is 2.16. The molecule has 0 fully saturated rings. The van der Waals surface area contributed by atoms with Gasteiger partial charge >= 0.3 is 0 Å². The molecule has 18 heavy (non-hydrogen) atoms. The second-order valence-corrected chi connectivity index (χ2v) is 4.73. The molecule has 1 heterocycles. The molecule has 3 nitrogen and oxygen atoms in total. The number of imidazole rings is 1. The fourth-order valence-electron chi connectivity index (χ4n) is 2.22. The maximum atomic E-state index is 6.43. The van der Waals surface area contributed by atoms with Crippen LogP contribution in [0.3, 0.4) is 0 Å². The molecule has 2 N–H and O–H groups in total. The van der Waals surface area contributed by atoms with Crippen LogP contribution in [0.2, 0.25) is 0 Å². The molecule has 1 aromatic heterocycles. The van der Waals surface area contributed by atoms with Gasteiger partial charge < -0.3 is 10.3 Å². The SMILES string of the molecule is CCC(N)(CC)c1nccn1Cc1ccccc1. The van der Waals surface area contributed by atoms with Gasteiger partial charge in [-0.2, -0.15) is 0 Å². The summed E-state index contributed by atoms with van der Waals surface area (Å²) in [6.07, 6.45) is 5.64. The van der Waals surface area contributed by atoms with E-state index in [4.69, 9.17) is 5.73 Å². The molecule has 0 aliphatic heterocycles. The molecule has 0 aliphatic carbocycles. The molecule has 0 aliphatic rings. The molecule has 0 saturated heterocycles. The van der Waals surface area contributed by atoms with Crippen LogP contribution in [-0.2, 0) is 12.1 Å². The molecule has 0 unspecified atom stereocenters. The summed E-state index contributed by atoms with van der Waals surface area (Å²) in [4.78, 5) is 4.46. The van der Waals surface area contributed by atoms with E-state index < -0.39 is 0 Å². The Morgan fingerprint density at radius 2 is 1.83 bits per heavy atom. The van der Waals surface area contributed by atoms with Crippen molar-refractivity contribution in [2.75, 3.05) is 0 Å². The Kier molecular flexibility index (Phi) is 3.82. The fourth-order valence-corrected chi connectivity index (χ4v) is 2.22. The highest BCUT2D eigenvalue weighted by Crippen LogP contribution is 2.24. The molecule has 0 atom stereocenters. The summed E-state index contributed by atoms with van der Waals surface area (Å²) in [5.74, 6) is 0.983. The van der Waals surface area contributed by atoms with Crippen molar-refractivity contribution in [1.82, 2.24) is 9.55 Å². The third-order valence-electron chi connectivity index (χ3n) is 3.62. The lowest BCUT2D eigenvalue weighted by Gasteiger charge is -2.27. The van der Waals surface area contributed by atoms with E-state index in [1.807, 2.05) is 18.5 Å². The molecular weight excluding hydrogens is 222 g/mol. The zero-order valence-corrected chi connectivity index (χ0v) is 11.1. The Hall–Kier alpha value is -1.61. The van der Waals surface area contributed by atoms with Crippen LogP contribution in [-0.4, -0.2) is 9.55 Å². The van der Waals surface area contributed by atoms with Gasteiger partial charge in [0.1, 0.15) is 5.82 Å². The number of hydrogen-bond donors (Lipinski definition) is 1. The van der Waals surface area contributed by atoms with E-state index in [0.717, 1.165) is 25.2 Å². The van der Waals surface area contributed by atoms with Crippen LogP contribution in [0.25, 0.3) is 0 Å². The molecule has 0 radical (unpaired) electrons. The average Bonchev–Trinajstić information content (AvgIpc) is 2.88. The number of benzene rings is 1. The minimum atomic E-state index is -0.321. The van der Waals surface area contributed by atoms with Crippen molar-refractivity contribution in [3.05, 3.63) is 54.1 Å². The molecule has 2 rings (SSSR count).